The van der Waals surface area contributed by atoms with E-state index in [0.717, 1.165) is 25.9 Å². The summed E-state index contributed by atoms with van der Waals surface area (Å²) in [5, 5.41) is 13.8. The Balaban J connectivity index is 1.36. The van der Waals surface area contributed by atoms with E-state index < -0.39 is 0 Å². The van der Waals surface area contributed by atoms with Crippen molar-refractivity contribution in [1.29, 1.82) is 0 Å². The summed E-state index contributed by atoms with van der Waals surface area (Å²) in [5.41, 5.74) is 1.74. The van der Waals surface area contributed by atoms with Crippen molar-refractivity contribution < 1.29 is 4.79 Å². The van der Waals surface area contributed by atoms with Gasteiger partial charge in [0, 0.05) is 28.7 Å². The fourth-order valence-corrected chi connectivity index (χ4v) is 4.97. The largest absolute Gasteiger partial charge is 0.360 e. The van der Waals surface area contributed by atoms with E-state index in [1.54, 1.807) is 6.20 Å². The standard InChI is InChI=1S/C18H20N4OS2/c23-16(14-10-19-15-9-5-4-8-13(14)15)11-24-18-22-21-17(25-18)20-12-6-2-1-3-7-12/h4-5,8-10,12,19H,1-3,6-7,11H2,(H,20,21). The highest BCUT2D eigenvalue weighted by Gasteiger charge is 2.16. The maximum Gasteiger partial charge on any atom is 0.206 e. The van der Waals surface area contributed by atoms with Gasteiger partial charge in [0.05, 0.1) is 5.75 Å². The Hall–Kier alpha value is -1.86. The Morgan fingerprint density at radius 2 is 2.08 bits per heavy atom. The van der Waals surface area contributed by atoms with Crippen LogP contribution in [0.2, 0.25) is 0 Å². The number of anilines is 1. The fourth-order valence-electron chi connectivity index (χ4n) is 3.26. The lowest BCUT2D eigenvalue weighted by atomic mass is 9.96. The van der Waals surface area contributed by atoms with Crippen molar-refractivity contribution in [3.8, 4) is 0 Å². The second-order valence-electron chi connectivity index (χ2n) is 6.31. The van der Waals surface area contributed by atoms with Gasteiger partial charge in [-0.2, -0.15) is 0 Å². The number of aromatic nitrogens is 3. The molecule has 0 amide bonds. The molecule has 0 unspecified atom stereocenters. The normalized spacial score (nSPS) is 15.5. The molecule has 0 radical (unpaired) electrons. The third-order valence-corrected chi connectivity index (χ3v) is 6.54. The summed E-state index contributed by atoms with van der Waals surface area (Å²) in [6, 6.07) is 8.39. The van der Waals surface area contributed by atoms with Gasteiger partial charge in [-0.15, -0.1) is 10.2 Å². The number of H-pyrrole nitrogens is 1. The zero-order valence-corrected chi connectivity index (χ0v) is 15.5. The van der Waals surface area contributed by atoms with Crippen molar-refractivity contribution >= 4 is 44.9 Å². The summed E-state index contributed by atoms with van der Waals surface area (Å²) < 4.78 is 0.839. The van der Waals surface area contributed by atoms with Crippen LogP contribution < -0.4 is 5.32 Å². The molecule has 1 fully saturated rings. The first kappa shape index (κ1) is 16.6. The third kappa shape index (κ3) is 3.88. The van der Waals surface area contributed by atoms with Crippen LogP contribution >= 0.6 is 23.1 Å². The first-order valence-corrected chi connectivity index (χ1v) is 10.4. The summed E-state index contributed by atoms with van der Waals surface area (Å²) >= 11 is 3.00. The van der Waals surface area contributed by atoms with Crippen molar-refractivity contribution in [1.82, 2.24) is 15.2 Å². The number of para-hydroxylation sites is 1. The Labute approximate surface area is 154 Å². The molecule has 1 saturated carbocycles. The van der Waals surface area contributed by atoms with Crippen LogP contribution in [0.4, 0.5) is 5.13 Å². The molecule has 2 heterocycles. The average Bonchev–Trinajstić information content (AvgIpc) is 3.27. The third-order valence-electron chi connectivity index (χ3n) is 4.56. The smallest absolute Gasteiger partial charge is 0.206 e. The Morgan fingerprint density at radius 1 is 1.24 bits per heavy atom. The van der Waals surface area contributed by atoms with E-state index in [1.807, 2.05) is 24.3 Å². The number of nitrogens with zero attached hydrogens (tertiary/aromatic N) is 2. The van der Waals surface area contributed by atoms with Crippen LogP contribution in [0.1, 0.15) is 42.5 Å². The quantitative estimate of drug-likeness (QED) is 0.483. The van der Waals surface area contributed by atoms with Gasteiger partial charge in [0.15, 0.2) is 10.1 Å². The fraction of sp³-hybridized carbons (Fsp3) is 0.389. The Kier molecular flexibility index (Phi) is 5.03. The predicted molar refractivity (Wildman–Crippen MR) is 104 cm³/mol. The molecule has 2 N–H and O–H groups in total. The van der Waals surface area contributed by atoms with Crippen molar-refractivity contribution in [2.45, 2.75) is 42.5 Å². The molecular formula is C18H20N4OS2. The van der Waals surface area contributed by atoms with Crippen molar-refractivity contribution in [3.63, 3.8) is 0 Å². The first-order valence-electron chi connectivity index (χ1n) is 8.62. The summed E-state index contributed by atoms with van der Waals surface area (Å²) in [6.45, 7) is 0. The highest BCUT2D eigenvalue weighted by Crippen LogP contribution is 2.29. The minimum atomic E-state index is 0.111. The van der Waals surface area contributed by atoms with Crippen LogP contribution in [0.15, 0.2) is 34.8 Å². The molecule has 130 valence electrons. The van der Waals surface area contributed by atoms with Crippen molar-refractivity contribution in [2.24, 2.45) is 0 Å². The minimum absolute atomic E-state index is 0.111. The lowest BCUT2D eigenvalue weighted by Gasteiger charge is -2.21. The number of carbonyl (C=O) groups is 1. The number of hydrogen-bond donors (Lipinski definition) is 2. The van der Waals surface area contributed by atoms with E-state index >= 15 is 0 Å². The van der Waals surface area contributed by atoms with E-state index in [9.17, 15) is 4.79 Å². The highest BCUT2D eigenvalue weighted by atomic mass is 32.2. The molecule has 1 aliphatic rings. The molecule has 0 bridgehead atoms. The lowest BCUT2D eigenvalue weighted by Crippen LogP contribution is -2.21. The molecule has 4 rings (SSSR count). The molecule has 1 aliphatic carbocycles. The van der Waals surface area contributed by atoms with Gasteiger partial charge in [-0.1, -0.05) is 60.6 Å². The van der Waals surface area contributed by atoms with Crippen LogP contribution in [0.3, 0.4) is 0 Å². The van der Waals surface area contributed by atoms with Crippen molar-refractivity contribution in [2.75, 3.05) is 11.1 Å². The molecule has 1 aromatic carbocycles. The van der Waals surface area contributed by atoms with E-state index in [4.69, 9.17) is 0 Å². The maximum atomic E-state index is 12.5. The van der Waals surface area contributed by atoms with E-state index in [1.165, 1.54) is 55.2 Å². The number of aromatic amines is 1. The van der Waals surface area contributed by atoms with E-state index in [2.05, 4.69) is 20.5 Å². The number of ketones is 1. The molecule has 2 aromatic heterocycles. The number of fused-ring (bicyclic) bond motifs is 1. The molecule has 0 atom stereocenters. The van der Waals surface area contributed by atoms with Gasteiger partial charge < -0.3 is 10.3 Å². The Bertz CT molecular complexity index is 867. The molecule has 5 nitrogen and oxygen atoms in total. The topological polar surface area (TPSA) is 70.7 Å². The average molecular weight is 373 g/mol. The van der Waals surface area contributed by atoms with Gasteiger partial charge in [0.2, 0.25) is 5.13 Å². The maximum absolute atomic E-state index is 12.5. The zero-order chi connectivity index (χ0) is 17.1. The van der Waals surface area contributed by atoms with Gasteiger partial charge in [-0.3, -0.25) is 4.79 Å². The van der Waals surface area contributed by atoms with Gasteiger partial charge in [-0.05, 0) is 18.9 Å². The van der Waals surface area contributed by atoms with Crippen LogP contribution in [-0.4, -0.2) is 32.8 Å². The SMILES string of the molecule is O=C(CSc1nnc(NC2CCCCC2)s1)c1c[nH]c2ccccc12. The molecule has 0 spiro atoms. The van der Waals surface area contributed by atoms with Gasteiger partial charge in [0.1, 0.15) is 0 Å². The minimum Gasteiger partial charge on any atom is -0.360 e. The molecule has 3 aromatic rings. The first-order chi connectivity index (χ1) is 12.3. The van der Waals surface area contributed by atoms with Crippen molar-refractivity contribution in [3.05, 3.63) is 36.0 Å². The Morgan fingerprint density at radius 3 is 2.96 bits per heavy atom. The summed E-state index contributed by atoms with van der Waals surface area (Å²) in [5.74, 6) is 0.486. The predicted octanol–water partition coefficient (Wildman–Crippen LogP) is 4.74. The summed E-state index contributed by atoms with van der Waals surface area (Å²) in [6.07, 6.45) is 8.13. The van der Waals surface area contributed by atoms with E-state index in [0.29, 0.717) is 11.8 Å². The second-order valence-corrected chi connectivity index (χ2v) is 8.51. The number of carbonyl (C=O) groups excluding carboxylic acids is 1. The van der Waals surface area contributed by atoms with Gasteiger partial charge in [-0.25, -0.2) is 0 Å². The van der Waals surface area contributed by atoms with E-state index in [-0.39, 0.29) is 5.78 Å². The van der Waals surface area contributed by atoms with Gasteiger partial charge in [0.25, 0.3) is 0 Å². The van der Waals surface area contributed by atoms with Gasteiger partial charge >= 0.3 is 0 Å². The molecule has 7 heteroatoms. The number of rotatable bonds is 6. The second kappa shape index (κ2) is 7.58. The molecule has 0 saturated heterocycles. The molecule has 25 heavy (non-hydrogen) atoms. The van der Waals surface area contributed by atoms with Crippen LogP contribution in [0, 0.1) is 0 Å². The van der Waals surface area contributed by atoms with Crippen LogP contribution in [0.25, 0.3) is 10.9 Å². The highest BCUT2D eigenvalue weighted by molar-refractivity contribution is 8.01. The zero-order valence-electron chi connectivity index (χ0n) is 13.8. The number of benzene rings is 1. The molecular weight excluding hydrogens is 352 g/mol. The summed E-state index contributed by atoms with van der Waals surface area (Å²) in [7, 11) is 0. The number of hydrogen-bond acceptors (Lipinski definition) is 6. The lowest BCUT2D eigenvalue weighted by molar-refractivity contribution is 0.102. The summed E-state index contributed by atoms with van der Waals surface area (Å²) in [4.78, 5) is 15.7. The molecule has 0 aliphatic heterocycles. The monoisotopic (exact) mass is 372 g/mol. The number of Topliss-reactive ketones (excluding diaryl/α,β-unsaturated/α-hetero) is 1. The van der Waals surface area contributed by atoms with Crippen LogP contribution in [0.5, 0.6) is 0 Å². The number of thioether (sulfide) groups is 1. The number of nitrogens with one attached hydrogen (secondary N) is 2. The van der Waals surface area contributed by atoms with Crippen LogP contribution in [-0.2, 0) is 0 Å².